The fraction of sp³-hybridized carbons (Fsp3) is 0.500. The lowest BCUT2D eigenvalue weighted by atomic mass is 10.1. The lowest BCUT2D eigenvalue weighted by molar-refractivity contribution is 0.112. The molecule has 1 unspecified atom stereocenters. The number of nitrogens with zero attached hydrogens (tertiary/aromatic N) is 1. The summed E-state index contributed by atoms with van der Waals surface area (Å²) in [7, 11) is 0. The van der Waals surface area contributed by atoms with Gasteiger partial charge in [0.15, 0.2) is 6.29 Å². The molecule has 0 aliphatic heterocycles. The standard InChI is InChI=1S/C8H11NOS/c1-3-6(2)8-9-4-7(5-10)11-8/h4-6H,3H2,1-2H3. The molecule has 0 saturated heterocycles. The maximum absolute atomic E-state index is 10.3. The molecule has 0 saturated carbocycles. The van der Waals surface area contributed by atoms with Crippen LogP contribution in [-0.2, 0) is 0 Å². The van der Waals surface area contributed by atoms with Gasteiger partial charge in [-0.1, -0.05) is 13.8 Å². The van der Waals surface area contributed by atoms with E-state index in [9.17, 15) is 4.79 Å². The van der Waals surface area contributed by atoms with Crippen molar-refractivity contribution in [3.05, 3.63) is 16.1 Å². The first-order valence-electron chi connectivity index (χ1n) is 3.68. The third-order valence-electron chi connectivity index (χ3n) is 1.69. The second-order valence-corrected chi connectivity index (χ2v) is 3.62. The number of rotatable bonds is 3. The van der Waals surface area contributed by atoms with Crippen LogP contribution in [0.15, 0.2) is 6.20 Å². The van der Waals surface area contributed by atoms with Gasteiger partial charge in [0.05, 0.1) is 9.88 Å². The maximum Gasteiger partial charge on any atom is 0.161 e. The van der Waals surface area contributed by atoms with E-state index in [2.05, 4.69) is 18.8 Å². The maximum atomic E-state index is 10.3. The van der Waals surface area contributed by atoms with Gasteiger partial charge in [0.1, 0.15) is 0 Å². The second-order valence-electron chi connectivity index (χ2n) is 2.53. The van der Waals surface area contributed by atoms with E-state index < -0.39 is 0 Å². The highest BCUT2D eigenvalue weighted by atomic mass is 32.1. The highest BCUT2D eigenvalue weighted by molar-refractivity contribution is 7.13. The summed E-state index contributed by atoms with van der Waals surface area (Å²) in [5.74, 6) is 0.480. The SMILES string of the molecule is CCC(C)c1ncc(C=O)s1. The molecule has 1 atom stereocenters. The molecule has 0 aromatic carbocycles. The highest BCUT2D eigenvalue weighted by Crippen LogP contribution is 2.22. The summed E-state index contributed by atoms with van der Waals surface area (Å²) >= 11 is 1.49. The Morgan fingerprint density at radius 1 is 1.82 bits per heavy atom. The number of carbonyl (C=O) groups is 1. The zero-order chi connectivity index (χ0) is 8.27. The highest BCUT2D eigenvalue weighted by Gasteiger charge is 2.07. The Balaban J connectivity index is 2.79. The van der Waals surface area contributed by atoms with Crippen molar-refractivity contribution in [1.29, 1.82) is 0 Å². The molecule has 3 heteroatoms. The minimum atomic E-state index is 0.480. The molecule has 1 aromatic rings. The zero-order valence-electron chi connectivity index (χ0n) is 6.70. The first-order chi connectivity index (χ1) is 5.27. The van der Waals surface area contributed by atoms with E-state index in [-0.39, 0.29) is 0 Å². The van der Waals surface area contributed by atoms with Crippen LogP contribution < -0.4 is 0 Å². The molecule has 0 radical (unpaired) electrons. The Hall–Kier alpha value is -0.700. The topological polar surface area (TPSA) is 30.0 Å². The van der Waals surface area contributed by atoms with Gasteiger partial charge in [-0.15, -0.1) is 11.3 Å². The van der Waals surface area contributed by atoms with Crippen molar-refractivity contribution in [3.63, 3.8) is 0 Å². The largest absolute Gasteiger partial charge is 0.297 e. The normalized spacial score (nSPS) is 12.9. The Morgan fingerprint density at radius 3 is 3.00 bits per heavy atom. The Kier molecular flexibility index (Phi) is 2.76. The van der Waals surface area contributed by atoms with Crippen LogP contribution in [-0.4, -0.2) is 11.3 Å². The van der Waals surface area contributed by atoms with Crippen molar-refractivity contribution < 1.29 is 4.79 Å². The minimum Gasteiger partial charge on any atom is -0.297 e. The average Bonchev–Trinajstić information content (AvgIpc) is 2.50. The van der Waals surface area contributed by atoms with Crippen molar-refractivity contribution in [2.45, 2.75) is 26.2 Å². The molecular formula is C8H11NOS. The van der Waals surface area contributed by atoms with E-state index >= 15 is 0 Å². The van der Waals surface area contributed by atoms with E-state index in [1.54, 1.807) is 6.20 Å². The smallest absolute Gasteiger partial charge is 0.161 e. The van der Waals surface area contributed by atoms with Crippen LogP contribution in [0.2, 0.25) is 0 Å². The summed E-state index contributed by atoms with van der Waals surface area (Å²) < 4.78 is 0. The molecule has 1 heterocycles. The van der Waals surface area contributed by atoms with Gasteiger partial charge in [0.2, 0.25) is 0 Å². The molecule has 1 aromatic heterocycles. The van der Waals surface area contributed by atoms with E-state index in [1.165, 1.54) is 11.3 Å². The molecule has 2 nitrogen and oxygen atoms in total. The van der Waals surface area contributed by atoms with Gasteiger partial charge in [-0.25, -0.2) is 4.98 Å². The molecule has 0 N–H and O–H groups in total. The zero-order valence-corrected chi connectivity index (χ0v) is 7.52. The van der Waals surface area contributed by atoms with Crippen molar-refractivity contribution >= 4 is 17.6 Å². The Labute approximate surface area is 70.3 Å². The minimum absolute atomic E-state index is 0.480. The third-order valence-corrected chi connectivity index (χ3v) is 2.85. The van der Waals surface area contributed by atoms with Crippen LogP contribution >= 0.6 is 11.3 Å². The lowest BCUT2D eigenvalue weighted by Gasteiger charge is -2.00. The molecule has 0 amide bonds. The molecule has 60 valence electrons. The summed E-state index contributed by atoms with van der Waals surface area (Å²) in [6.07, 6.45) is 3.56. The summed E-state index contributed by atoms with van der Waals surface area (Å²) in [5.41, 5.74) is 0. The molecule has 0 bridgehead atoms. The van der Waals surface area contributed by atoms with Gasteiger partial charge in [-0.2, -0.15) is 0 Å². The molecule has 0 aliphatic rings. The quantitative estimate of drug-likeness (QED) is 0.650. The van der Waals surface area contributed by atoms with Gasteiger partial charge in [0.25, 0.3) is 0 Å². The first-order valence-corrected chi connectivity index (χ1v) is 4.50. The molecule has 0 spiro atoms. The van der Waals surface area contributed by atoms with Gasteiger partial charge in [0, 0.05) is 12.1 Å². The van der Waals surface area contributed by atoms with Crippen molar-refractivity contribution in [3.8, 4) is 0 Å². The van der Waals surface area contributed by atoms with Gasteiger partial charge >= 0.3 is 0 Å². The monoisotopic (exact) mass is 169 g/mol. The van der Waals surface area contributed by atoms with Crippen LogP contribution in [0, 0.1) is 0 Å². The predicted molar refractivity (Wildman–Crippen MR) is 46.2 cm³/mol. The van der Waals surface area contributed by atoms with Crippen molar-refractivity contribution in [2.24, 2.45) is 0 Å². The van der Waals surface area contributed by atoms with E-state index in [0.29, 0.717) is 5.92 Å². The summed E-state index contributed by atoms with van der Waals surface area (Å²) in [5, 5.41) is 1.06. The van der Waals surface area contributed by atoms with Crippen molar-refractivity contribution in [1.82, 2.24) is 4.98 Å². The van der Waals surface area contributed by atoms with Crippen LogP contribution in [0.25, 0.3) is 0 Å². The van der Waals surface area contributed by atoms with E-state index in [1.807, 2.05) is 0 Å². The van der Waals surface area contributed by atoms with Crippen LogP contribution in [0.5, 0.6) is 0 Å². The van der Waals surface area contributed by atoms with Crippen LogP contribution in [0.4, 0.5) is 0 Å². The molecule has 11 heavy (non-hydrogen) atoms. The second kappa shape index (κ2) is 3.62. The molecule has 1 rings (SSSR count). The van der Waals surface area contributed by atoms with Gasteiger partial charge < -0.3 is 0 Å². The van der Waals surface area contributed by atoms with Gasteiger partial charge in [-0.05, 0) is 6.42 Å². The summed E-state index contributed by atoms with van der Waals surface area (Å²) in [4.78, 5) is 15.2. The number of carbonyl (C=O) groups excluding carboxylic acids is 1. The van der Waals surface area contributed by atoms with Crippen molar-refractivity contribution in [2.75, 3.05) is 0 Å². The number of hydrogen-bond acceptors (Lipinski definition) is 3. The Bertz CT molecular complexity index is 244. The van der Waals surface area contributed by atoms with E-state index in [4.69, 9.17) is 0 Å². The third kappa shape index (κ3) is 1.87. The number of aromatic nitrogens is 1. The fourth-order valence-corrected chi connectivity index (χ4v) is 1.63. The lowest BCUT2D eigenvalue weighted by Crippen LogP contribution is -1.87. The summed E-state index contributed by atoms with van der Waals surface area (Å²) in [6, 6.07) is 0. The molecule has 0 aliphatic carbocycles. The van der Waals surface area contributed by atoms with Crippen LogP contribution in [0.3, 0.4) is 0 Å². The molecular weight excluding hydrogens is 158 g/mol. The predicted octanol–water partition coefficient (Wildman–Crippen LogP) is 2.47. The average molecular weight is 169 g/mol. The summed E-state index contributed by atoms with van der Waals surface area (Å²) in [6.45, 7) is 4.24. The van der Waals surface area contributed by atoms with Crippen LogP contribution in [0.1, 0.15) is 40.9 Å². The molecule has 0 fully saturated rings. The Morgan fingerprint density at radius 2 is 2.55 bits per heavy atom. The van der Waals surface area contributed by atoms with E-state index in [0.717, 1.165) is 22.6 Å². The number of hydrogen-bond donors (Lipinski definition) is 0. The van der Waals surface area contributed by atoms with Gasteiger partial charge in [-0.3, -0.25) is 4.79 Å². The fourth-order valence-electron chi connectivity index (χ4n) is 0.758. The number of thiazole rings is 1. The number of aldehydes is 1. The first kappa shape index (κ1) is 8.40.